The Kier molecular flexibility index (Phi) is 5.79. The molecule has 6 heteroatoms. The van der Waals surface area contributed by atoms with E-state index in [2.05, 4.69) is 46.3 Å². The van der Waals surface area contributed by atoms with Crippen LogP contribution in [0.15, 0.2) is 48.7 Å². The Labute approximate surface area is 181 Å². The lowest BCUT2D eigenvalue weighted by atomic mass is 9.95. The monoisotopic (exact) mass is 421 g/mol. The summed E-state index contributed by atoms with van der Waals surface area (Å²) >= 11 is 1.56. The van der Waals surface area contributed by atoms with Crippen LogP contribution in [-0.4, -0.2) is 66.6 Å². The highest BCUT2D eigenvalue weighted by molar-refractivity contribution is 7.20. The SMILES string of the molecule is O=C(c1sc2ncccc2c1[C@H]1CCN(CCc2ccccc2)C1)N1CCOCC1. The third-order valence-corrected chi connectivity index (χ3v) is 7.35. The summed E-state index contributed by atoms with van der Waals surface area (Å²) < 4.78 is 5.44. The summed E-state index contributed by atoms with van der Waals surface area (Å²) in [6.45, 7) is 5.76. The first-order valence-corrected chi connectivity index (χ1v) is 11.6. The number of amides is 1. The molecule has 3 aromatic rings. The van der Waals surface area contributed by atoms with Gasteiger partial charge in [0.1, 0.15) is 4.83 Å². The van der Waals surface area contributed by atoms with Gasteiger partial charge in [0.25, 0.3) is 5.91 Å². The van der Waals surface area contributed by atoms with Crippen molar-refractivity contribution < 1.29 is 9.53 Å². The Morgan fingerprint density at radius 2 is 1.93 bits per heavy atom. The molecule has 30 heavy (non-hydrogen) atoms. The average Bonchev–Trinajstić information content (AvgIpc) is 3.43. The van der Waals surface area contributed by atoms with E-state index >= 15 is 0 Å². The topological polar surface area (TPSA) is 45.7 Å². The molecule has 2 aliphatic heterocycles. The maximum absolute atomic E-state index is 13.4. The Morgan fingerprint density at radius 1 is 1.10 bits per heavy atom. The molecule has 0 saturated carbocycles. The molecule has 1 amide bonds. The lowest BCUT2D eigenvalue weighted by Gasteiger charge is -2.27. The van der Waals surface area contributed by atoms with Gasteiger partial charge in [0, 0.05) is 43.7 Å². The molecule has 0 radical (unpaired) electrons. The smallest absolute Gasteiger partial charge is 0.264 e. The maximum atomic E-state index is 13.4. The van der Waals surface area contributed by atoms with Gasteiger partial charge in [0.15, 0.2) is 0 Å². The van der Waals surface area contributed by atoms with Crippen molar-refractivity contribution >= 4 is 27.5 Å². The molecule has 0 aliphatic carbocycles. The summed E-state index contributed by atoms with van der Waals surface area (Å²) in [5.41, 5.74) is 2.61. The molecule has 2 saturated heterocycles. The van der Waals surface area contributed by atoms with Gasteiger partial charge in [-0.1, -0.05) is 36.4 Å². The summed E-state index contributed by atoms with van der Waals surface area (Å²) in [6.07, 6.45) is 3.99. The molecular formula is C24H27N3O2S. The van der Waals surface area contributed by atoms with Crippen LogP contribution in [-0.2, 0) is 11.2 Å². The molecule has 2 fully saturated rings. The predicted octanol–water partition coefficient (Wildman–Crippen LogP) is 3.80. The van der Waals surface area contributed by atoms with Crippen molar-refractivity contribution in [2.45, 2.75) is 18.8 Å². The average molecular weight is 422 g/mol. The van der Waals surface area contributed by atoms with Crippen LogP contribution in [0, 0.1) is 0 Å². The van der Waals surface area contributed by atoms with Crippen molar-refractivity contribution in [1.29, 1.82) is 0 Å². The van der Waals surface area contributed by atoms with Crippen LogP contribution in [0.1, 0.15) is 33.1 Å². The van der Waals surface area contributed by atoms with Gasteiger partial charge in [-0.25, -0.2) is 4.98 Å². The normalized spacial score (nSPS) is 20.1. The molecule has 1 atom stereocenters. The van der Waals surface area contributed by atoms with Gasteiger partial charge in [-0.15, -0.1) is 11.3 Å². The molecule has 0 bridgehead atoms. The minimum absolute atomic E-state index is 0.152. The third kappa shape index (κ3) is 4.00. The van der Waals surface area contributed by atoms with Gasteiger partial charge in [-0.05, 0) is 36.6 Å². The quantitative estimate of drug-likeness (QED) is 0.629. The van der Waals surface area contributed by atoms with E-state index in [0.29, 0.717) is 32.2 Å². The second-order valence-electron chi connectivity index (χ2n) is 8.13. The summed E-state index contributed by atoms with van der Waals surface area (Å²) in [5, 5.41) is 1.16. The van der Waals surface area contributed by atoms with E-state index < -0.39 is 0 Å². The Hall–Kier alpha value is -2.28. The fourth-order valence-corrected chi connectivity index (χ4v) is 5.83. The van der Waals surface area contributed by atoms with Gasteiger partial charge in [-0.2, -0.15) is 0 Å². The van der Waals surface area contributed by atoms with Crippen LogP contribution >= 0.6 is 11.3 Å². The van der Waals surface area contributed by atoms with Gasteiger partial charge in [0.05, 0.1) is 18.1 Å². The molecule has 5 rings (SSSR count). The van der Waals surface area contributed by atoms with Crippen molar-refractivity contribution in [3.63, 3.8) is 0 Å². The number of hydrogen-bond donors (Lipinski definition) is 0. The summed E-state index contributed by atoms with van der Waals surface area (Å²) in [6, 6.07) is 14.8. The highest BCUT2D eigenvalue weighted by atomic mass is 32.1. The van der Waals surface area contributed by atoms with E-state index in [4.69, 9.17) is 4.74 Å². The van der Waals surface area contributed by atoms with Gasteiger partial charge in [-0.3, -0.25) is 4.79 Å². The number of carbonyl (C=O) groups excluding carboxylic acids is 1. The maximum Gasteiger partial charge on any atom is 0.264 e. The molecule has 156 valence electrons. The first-order chi connectivity index (χ1) is 14.8. The number of ether oxygens (including phenoxy) is 1. The van der Waals surface area contributed by atoms with Crippen molar-refractivity contribution in [3.8, 4) is 0 Å². The number of aromatic nitrogens is 1. The van der Waals surface area contributed by atoms with Gasteiger partial charge < -0.3 is 14.5 Å². The molecule has 0 unspecified atom stereocenters. The highest BCUT2D eigenvalue weighted by Crippen LogP contribution is 2.40. The Bertz CT molecular complexity index is 1010. The summed E-state index contributed by atoms with van der Waals surface area (Å²) in [5.74, 6) is 0.540. The number of likely N-dealkylation sites (tertiary alicyclic amines) is 1. The second kappa shape index (κ2) is 8.84. The van der Waals surface area contributed by atoms with Crippen LogP contribution < -0.4 is 0 Å². The van der Waals surface area contributed by atoms with E-state index in [1.165, 1.54) is 11.1 Å². The van der Waals surface area contributed by atoms with Gasteiger partial charge in [0.2, 0.25) is 0 Å². The number of benzene rings is 1. The van der Waals surface area contributed by atoms with Crippen LogP contribution in [0.2, 0.25) is 0 Å². The largest absolute Gasteiger partial charge is 0.378 e. The minimum Gasteiger partial charge on any atom is -0.378 e. The van der Waals surface area contributed by atoms with Crippen LogP contribution in [0.4, 0.5) is 0 Å². The first-order valence-electron chi connectivity index (χ1n) is 10.8. The zero-order chi connectivity index (χ0) is 20.3. The number of thiophene rings is 1. The minimum atomic E-state index is 0.152. The fourth-order valence-electron chi connectivity index (χ4n) is 4.63. The highest BCUT2D eigenvalue weighted by Gasteiger charge is 2.32. The third-order valence-electron chi connectivity index (χ3n) is 6.24. The molecular weight excluding hydrogens is 394 g/mol. The number of fused-ring (bicyclic) bond motifs is 1. The van der Waals surface area contributed by atoms with E-state index in [9.17, 15) is 4.79 Å². The molecule has 5 nitrogen and oxygen atoms in total. The van der Waals surface area contributed by atoms with Crippen molar-refractivity contribution in [3.05, 3.63) is 64.7 Å². The number of rotatable bonds is 5. The predicted molar refractivity (Wildman–Crippen MR) is 120 cm³/mol. The summed E-state index contributed by atoms with van der Waals surface area (Å²) in [4.78, 5) is 24.3. The van der Waals surface area contributed by atoms with Crippen molar-refractivity contribution in [2.24, 2.45) is 0 Å². The standard InChI is InChI=1S/C24H27N3O2S/c28-24(27-13-15-29-16-14-27)22-21(20-7-4-10-25-23(20)30-22)19-9-12-26(17-19)11-8-18-5-2-1-3-6-18/h1-7,10,19H,8-9,11-17H2/t19-/m0/s1. The molecule has 0 N–H and O–H groups in total. The number of carbonyl (C=O) groups is 1. The number of pyridine rings is 1. The van der Waals surface area contributed by atoms with E-state index in [-0.39, 0.29) is 5.91 Å². The van der Waals surface area contributed by atoms with Crippen LogP contribution in [0.5, 0.6) is 0 Å². The Balaban J connectivity index is 1.37. The lowest BCUT2D eigenvalue weighted by Crippen LogP contribution is -2.40. The van der Waals surface area contributed by atoms with E-state index in [1.54, 1.807) is 11.3 Å². The van der Waals surface area contributed by atoms with Crippen LogP contribution in [0.3, 0.4) is 0 Å². The van der Waals surface area contributed by atoms with Gasteiger partial charge >= 0.3 is 0 Å². The number of morpholine rings is 1. The molecule has 4 heterocycles. The Morgan fingerprint density at radius 3 is 2.77 bits per heavy atom. The number of nitrogens with zero attached hydrogens (tertiary/aromatic N) is 3. The zero-order valence-corrected chi connectivity index (χ0v) is 17.9. The summed E-state index contributed by atoms with van der Waals surface area (Å²) in [7, 11) is 0. The lowest BCUT2D eigenvalue weighted by molar-refractivity contribution is 0.0305. The van der Waals surface area contributed by atoms with Crippen molar-refractivity contribution in [2.75, 3.05) is 45.9 Å². The molecule has 1 aromatic carbocycles. The zero-order valence-electron chi connectivity index (χ0n) is 17.1. The van der Waals surface area contributed by atoms with E-state index in [0.717, 1.165) is 47.6 Å². The molecule has 0 spiro atoms. The van der Waals surface area contributed by atoms with Crippen LogP contribution in [0.25, 0.3) is 10.2 Å². The first kappa shape index (κ1) is 19.7. The second-order valence-corrected chi connectivity index (χ2v) is 9.13. The van der Waals surface area contributed by atoms with E-state index in [1.807, 2.05) is 17.2 Å². The number of hydrogen-bond acceptors (Lipinski definition) is 5. The molecule has 2 aromatic heterocycles. The fraction of sp³-hybridized carbons (Fsp3) is 0.417. The molecule has 2 aliphatic rings. The van der Waals surface area contributed by atoms with Crippen molar-refractivity contribution in [1.82, 2.24) is 14.8 Å².